The summed E-state index contributed by atoms with van der Waals surface area (Å²) in [5.74, 6) is -1.48. The van der Waals surface area contributed by atoms with Crippen molar-refractivity contribution in [2.24, 2.45) is 0 Å². The fourth-order valence-corrected chi connectivity index (χ4v) is 2.43. The number of nitrogens with zero attached hydrogens (tertiary/aromatic N) is 3. The molecule has 1 aliphatic rings. The number of aromatic carboxylic acids is 1. The summed E-state index contributed by atoms with van der Waals surface area (Å²) in [6, 6.07) is 2.60. The van der Waals surface area contributed by atoms with E-state index in [0.29, 0.717) is 6.04 Å². The Hall–Kier alpha value is -2.22. The fraction of sp³-hybridized carbons (Fsp3) is 0.538. The molecule has 0 bridgehead atoms. The van der Waals surface area contributed by atoms with Gasteiger partial charge in [0.15, 0.2) is 5.69 Å². The van der Waals surface area contributed by atoms with Crippen molar-refractivity contribution in [3.63, 3.8) is 0 Å². The Bertz CT molecular complexity index is 549. The Morgan fingerprint density at radius 2 is 2.38 bits per heavy atom. The summed E-state index contributed by atoms with van der Waals surface area (Å²) in [6.45, 7) is 1.31. The Balaban J connectivity index is 2.04. The van der Waals surface area contributed by atoms with Crippen molar-refractivity contribution >= 4 is 11.7 Å². The van der Waals surface area contributed by atoms with Gasteiger partial charge >= 0.3 is 11.7 Å². The molecule has 1 N–H and O–H groups in total. The van der Waals surface area contributed by atoms with E-state index < -0.39 is 10.9 Å². The van der Waals surface area contributed by atoms with E-state index in [4.69, 9.17) is 9.84 Å². The molecule has 114 valence electrons. The quantitative estimate of drug-likeness (QED) is 0.626. The summed E-state index contributed by atoms with van der Waals surface area (Å²) < 4.78 is 5.36. The molecule has 8 heteroatoms. The molecule has 0 saturated carbocycles. The minimum absolute atomic E-state index is 0.236. The first kappa shape index (κ1) is 15.2. The van der Waals surface area contributed by atoms with Crippen LogP contribution in [0.2, 0.25) is 0 Å². The molecular weight excluding hydrogens is 278 g/mol. The maximum Gasteiger partial charge on any atom is 0.354 e. The van der Waals surface area contributed by atoms with Crippen molar-refractivity contribution in [1.29, 1.82) is 0 Å². The number of rotatable bonds is 6. The van der Waals surface area contributed by atoms with Crippen LogP contribution in [-0.4, -0.2) is 52.1 Å². The van der Waals surface area contributed by atoms with Gasteiger partial charge in [0.1, 0.15) is 0 Å². The van der Waals surface area contributed by atoms with Gasteiger partial charge in [0.25, 0.3) is 5.88 Å². The maximum atomic E-state index is 10.9. The number of aromatic nitrogens is 1. The second-order valence-corrected chi connectivity index (χ2v) is 5.00. The zero-order chi connectivity index (χ0) is 15.4. The largest absolute Gasteiger partial charge is 0.477 e. The number of likely N-dealkylation sites (tertiary alicyclic amines) is 1. The number of carboxylic acid groups (broad SMARTS) is 1. The molecule has 0 radical (unpaired) electrons. The molecule has 0 spiro atoms. The van der Waals surface area contributed by atoms with Gasteiger partial charge in [0, 0.05) is 12.1 Å². The monoisotopic (exact) mass is 295 g/mol. The number of carbonyl (C=O) groups is 1. The summed E-state index contributed by atoms with van der Waals surface area (Å²) in [4.78, 5) is 27.1. The highest BCUT2D eigenvalue weighted by Gasteiger charge is 2.23. The van der Waals surface area contributed by atoms with Crippen LogP contribution in [0.15, 0.2) is 12.1 Å². The van der Waals surface area contributed by atoms with Crippen molar-refractivity contribution in [2.75, 3.05) is 20.2 Å². The zero-order valence-corrected chi connectivity index (χ0v) is 11.7. The predicted molar refractivity (Wildman–Crippen MR) is 73.6 cm³/mol. The lowest BCUT2D eigenvalue weighted by atomic mass is 10.1. The lowest BCUT2D eigenvalue weighted by Gasteiger charge is -2.18. The van der Waals surface area contributed by atoms with Crippen LogP contribution in [0, 0.1) is 10.1 Å². The van der Waals surface area contributed by atoms with Crippen LogP contribution in [0.5, 0.6) is 5.88 Å². The van der Waals surface area contributed by atoms with E-state index in [0.717, 1.165) is 37.9 Å². The van der Waals surface area contributed by atoms with Gasteiger partial charge in [-0.3, -0.25) is 10.1 Å². The van der Waals surface area contributed by atoms with E-state index in [1.54, 1.807) is 0 Å². The summed E-state index contributed by atoms with van der Waals surface area (Å²) >= 11 is 0. The number of nitro groups is 1. The van der Waals surface area contributed by atoms with E-state index in [9.17, 15) is 14.9 Å². The molecule has 1 aromatic heterocycles. The molecule has 0 amide bonds. The van der Waals surface area contributed by atoms with Crippen LogP contribution >= 0.6 is 0 Å². The molecular formula is C13H17N3O5. The average Bonchev–Trinajstić information content (AvgIpc) is 2.84. The Kier molecular flexibility index (Phi) is 4.69. The highest BCUT2D eigenvalue weighted by atomic mass is 16.6. The molecule has 2 heterocycles. The van der Waals surface area contributed by atoms with Crippen LogP contribution in [0.4, 0.5) is 5.69 Å². The van der Waals surface area contributed by atoms with Crippen molar-refractivity contribution in [2.45, 2.75) is 25.3 Å². The van der Waals surface area contributed by atoms with E-state index in [-0.39, 0.29) is 23.9 Å². The van der Waals surface area contributed by atoms with Gasteiger partial charge in [-0.2, -0.15) is 0 Å². The molecule has 1 atom stereocenters. The topological polar surface area (TPSA) is 106 Å². The minimum atomic E-state index is -1.25. The van der Waals surface area contributed by atoms with Gasteiger partial charge in [-0.15, -0.1) is 0 Å². The number of ether oxygens (including phenoxy) is 1. The van der Waals surface area contributed by atoms with Gasteiger partial charge in [-0.25, -0.2) is 9.78 Å². The number of hydrogen-bond acceptors (Lipinski definition) is 6. The number of carboxylic acids is 1. The Labute approximate surface area is 121 Å². The molecule has 0 aromatic carbocycles. The predicted octanol–water partition coefficient (Wildman–Crippen LogP) is 1.55. The van der Waals surface area contributed by atoms with Crippen LogP contribution in [-0.2, 0) is 0 Å². The second-order valence-electron chi connectivity index (χ2n) is 5.00. The molecule has 1 aromatic rings. The molecule has 21 heavy (non-hydrogen) atoms. The lowest BCUT2D eigenvalue weighted by Crippen LogP contribution is -2.26. The minimum Gasteiger partial charge on any atom is -0.477 e. The van der Waals surface area contributed by atoms with E-state index in [1.165, 1.54) is 0 Å². The van der Waals surface area contributed by atoms with Crippen molar-refractivity contribution in [3.05, 3.63) is 27.9 Å². The molecule has 2 rings (SSSR count). The van der Waals surface area contributed by atoms with Gasteiger partial charge < -0.3 is 14.7 Å². The Morgan fingerprint density at radius 1 is 1.62 bits per heavy atom. The molecule has 1 aliphatic heterocycles. The summed E-state index contributed by atoms with van der Waals surface area (Å²) in [6.07, 6.45) is 2.94. The van der Waals surface area contributed by atoms with Gasteiger partial charge in [0.2, 0.25) is 0 Å². The van der Waals surface area contributed by atoms with Crippen LogP contribution < -0.4 is 4.74 Å². The normalized spacial score (nSPS) is 18.6. The van der Waals surface area contributed by atoms with E-state index >= 15 is 0 Å². The van der Waals surface area contributed by atoms with E-state index in [2.05, 4.69) is 9.88 Å². The van der Waals surface area contributed by atoms with Crippen LogP contribution in [0.1, 0.15) is 29.8 Å². The zero-order valence-electron chi connectivity index (χ0n) is 11.7. The smallest absolute Gasteiger partial charge is 0.354 e. The summed E-state index contributed by atoms with van der Waals surface area (Å²) in [5.41, 5.74) is -0.589. The SMILES string of the molecule is CN1CCCC1CCOc1nc(C(=O)O)ccc1[N+](=O)[O-]. The first-order valence-electron chi connectivity index (χ1n) is 6.71. The first-order valence-corrected chi connectivity index (χ1v) is 6.71. The first-order chi connectivity index (χ1) is 9.99. The fourth-order valence-electron chi connectivity index (χ4n) is 2.43. The molecule has 8 nitrogen and oxygen atoms in total. The maximum absolute atomic E-state index is 10.9. The third-order valence-corrected chi connectivity index (χ3v) is 3.62. The highest BCUT2D eigenvalue weighted by Crippen LogP contribution is 2.25. The van der Waals surface area contributed by atoms with Crippen molar-refractivity contribution in [3.8, 4) is 5.88 Å². The van der Waals surface area contributed by atoms with Gasteiger partial charge in [-0.1, -0.05) is 0 Å². The summed E-state index contributed by atoms with van der Waals surface area (Å²) in [7, 11) is 2.03. The molecule has 1 unspecified atom stereocenters. The van der Waals surface area contributed by atoms with Gasteiger partial charge in [-0.05, 0) is 38.9 Å². The molecule has 0 aliphatic carbocycles. The lowest BCUT2D eigenvalue weighted by molar-refractivity contribution is -0.386. The standard InChI is InChI=1S/C13H17N3O5/c1-15-7-2-3-9(15)6-8-21-12-11(16(19)20)5-4-10(14-12)13(17)18/h4-5,9H,2-3,6-8H2,1H3,(H,17,18). The third-order valence-electron chi connectivity index (χ3n) is 3.62. The Morgan fingerprint density at radius 3 is 2.95 bits per heavy atom. The van der Waals surface area contributed by atoms with Crippen LogP contribution in [0.3, 0.4) is 0 Å². The van der Waals surface area contributed by atoms with Crippen LogP contribution in [0.25, 0.3) is 0 Å². The second kappa shape index (κ2) is 6.49. The number of pyridine rings is 1. The van der Waals surface area contributed by atoms with Gasteiger partial charge in [0.05, 0.1) is 11.5 Å². The van der Waals surface area contributed by atoms with Crippen molar-refractivity contribution in [1.82, 2.24) is 9.88 Å². The van der Waals surface area contributed by atoms with E-state index in [1.807, 2.05) is 7.05 Å². The summed E-state index contributed by atoms with van der Waals surface area (Å²) in [5, 5.41) is 19.8. The molecule has 1 fully saturated rings. The molecule has 1 saturated heterocycles. The number of hydrogen-bond donors (Lipinski definition) is 1. The van der Waals surface area contributed by atoms with Crippen molar-refractivity contribution < 1.29 is 19.6 Å². The average molecular weight is 295 g/mol. The third kappa shape index (κ3) is 3.66. The highest BCUT2D eigenvalue weighted by molar-refractivity contribution is 5.85.